The van der Waals surface area contributed by atoms with Crippen LogP contribution in [0.1, 0.15) is 11.3 Å². The van der Waals surface area contributed by atoms with Gasteiger partial charge >= 0.3 is 0 Å². The summed E-state index contributed by atoms with van der Waals surface area (Å²) in [6, 6.07) is 3.94. The Morgan fingerprint density at radius 1 is 1.39 bits per heavy atom. The Morgan fingerprint density at radius 2 is 2.22 bits per heavy atom. The highest BCUT2D eigenvalue weighted by Crippen LogP contribution is 2.24. The van der Waals surface area contributed by atoms with Crippen LogP contribution in [0.5, 0.6) is 11.8 Å². The summed E-state index contributed by atoms with van der Waals surface area (Å²) in [5, 5.41) is 1.98. The monoisotopic (exact) mass is 331 g/mol. The van der Waals surface area contributed by atoms with Gasteiger partial charge in [0.2, 0.25) is 5.91 Å². The highest BCUT2D eigenvalue weighted by molar-refractivity contribution is 7.10. The van der Waals surface area contributed by atoms with Crippen molar-refractivity contribution in [2.24, 2.45) is 0 Å². The number of carbonyl (C=O) groups excluding carboxylic acids is 1. The quantitative estimate of drug-likeness (QED) is 0.786. The van der Waals surface area contributed by atoms with Gasteiger partial charge in [0.05, 0.1) is 13.7 Å². The topological polar surface area (TPSA) is 64.6 Å². The number of nitrogens with zero attached hydrogens (tertiary/aromatic N) is 3. The molecular weight excluding hydrogens is 314 g/mol. The Bertz CT molecular complexity index is 688. The molecule has 3 rings (SSSR count). The first-order chi connectivity index (χ1) is 11.3. The van der Waals surface area contributed by atoms with Crippen LogP contribution in [-0.4, -0.2) is 47.1 Å². The fourth-order valence-electron chi connectivity index (χ4n) is 2.36. The number of hydrogen-bond donors (Lipinski definition) is 0. The molecule has 6 nitrogen and oxygen atoms in total. The number of ether oxygens (including phenoxy) is 2. The van der Waals surface area contributed by atoms with E-state index in [4.69, 9.17) is 9.47 Å². The van der Waals surface area contributed by atoms with Crippen LogP contribution in [0, 0.1) is 0 Å². The molecule has 0 N–H and O–H groups in total. The van der Waals surface area contributed by atoms with Crippen LogP contribution in [0.3, 0.4) is 0 Å². The van der Waals surface area contributed by atoms with Crippen LogP contribution >= 0.6 is 11.3 Å². The Hall–Kier alpha value is -2.41. The third-order valence-electron chi connectivity index (χ3n) is 3.49. The van der Waals surface area contributed by atoms with Gasteiger partial charge in [-0.2, -0.15) is 0 Å². The molecule has 0 radical (unpaired) electrons. The fraction of sp³-hybridized carbons (Fsp3) is 0.312. The zero-order valence-electron chi connectivity index (χ0n) is 12.7. The highest BCUT2D eigenvalue weighted by Gasteiger charge is 2.27. The summed E-state index contributed by atoms with van der Waals surface area (Å²) < 4.78 is 10.9. The van der Waals surface area contributed by atoms with Gasteiger partial charge < -0.3 is 14.4 Å². The molecular formula is C16H17N3O3S. The molecule has 23 heavy (non-hydrogen) atoms. The van der Waals surface area contributed by atoms with Gasteiger partial charge in [-0.15, -0.1) is 11.3 Å². The van der Waals surface area contributed by atoms with Crippen LogP contribution < -0.4 is 9.47 Å². The molecule has 1 fully saturated rings. The molecule has 1 atom stereocenters. The largest absolute Gasteiger partial charge is 0.477 e. The minimum atomic E-state index is -0.0975. The average molecular weight is 331 g/mol. The second kappa shape index (κ2) is 7.23. The average Bonchev–Trinajstić information content (AvgIpc) is 3.25. The van der Waals surface area contributed by atoms with E-state index in [1.165, 1.54) is 7.11 Å². The molecule has 0 aliphatic carbocycles. The number of aromatic nitrogens is 2. The van der Waals surface area contributed by atoms with E-state index in [-0.39, 0.29) is 12.0 Å². The summed E-state index contributed by atoms with van der Waals surface area (Å²) in [5.41, 5.74) is 0. The smallest absolute Gasteiger partial charge is 0.278 e. The molecule has 3 heterocycles. The van der Waals surface area contributed by atoms with Crippen molar-refractivity contribution in [1.82, 2.24) is 14.9 Å². The second-order valence-electron chi connectivity index (χ2n) is 5.03. The van der Waals surface area contributed by atoms with Crippen molar-refractivity contribution >= 4 is 23.3 Å². The van der Waals surface area contributed by atoms with Crippen molar-refractivity contribution < 1.29 is 14.3 Å². The first kappa shape index (κ1) is 15.5. The number of amides is 1. The van der Waals surface area contributed by atoms with Gasteiger partial charge in [0.15, 0.2) is 0 Å². The third kappa shape index (κ3) is 3.87. The predicted molar refractivity (Wildman–Crippen MR) is 87.6 cm³/mol. The van der Waals surface area contributed by atoms with E-state index >= 15 is 0 Å². The Kier molecular flexibility index (Phi) is 4.87. The summed E-state index contributed by atoms with van der Waals surface area (Å²) in [6.45, 7) is 1.20. The van der Waals surface area contributed by atoms with E-state index in [9.17, 15) is 4.79 Å². The maximum absolute atomic E-state index is 12.2. The van der Waals surface area contributed by atoms with Gasteiger partial charge in [-0.1, -0.05) is 6.07 Å². The molecule has 1 unspecified atom stereocenters. The minimum Gasteiger partial charge on any atom is -0.477 e. The van der Waals surface area contributed by atoms with Gasteiger partial charge in [0.25, 0.3) is 11.8 Å². The number of hydrogen-bond acceptors (Lipinski definition) is 6. The van der Waals surface area contributed by atoms with Crippen LogP contribution in [0.2, 0.25) is 0 Å². The molecule has 0 spiro atoms. The normalized spacial score (nSPS) is 17.6. The van der Waals surface area contributed by atoms with E-state index in [1.54, 1.807) is 34.7 Å². The van der Waals surface area contributed by atoms with Crippen molar-refractivity contribution in [3.63, 3.8) is 0 Å². The number of methoxy groups -OCH3 is 1. The summed E-state index contributed by atoms with van der Waals surface area (Å²) in [6.07, 6.45) is 7.22. The van der Waals surface area contributed by atoms with Gasteiger partial charge in [-0.3, -0.25) is 4.79 Å². The molecule has 7 heteroatoms. The van der Waals surface area contributed by atoms with Gasteiger partial charge in [0.1, 0.15) is 6.10 Å². The molecule has 0 bridgehead atoms. The molecule has 120 valence electrons. The summed E-state index contributed by atoms with van der Waals surface area (Å²) in [4.78, 5) is 23.2. The molecule has 1 aliphatic rings. The second-order valence-corrected chi connectivity index (χ2v) is 6.01. The highest BCUT2D eigenvalue weighted by atomic mass is 32.1. The number of likely N-dealkylation sites (tertiary alicyclic amines) is 1. The summed E-state index contributed by atoms with van der Waals surface area (Å²) >= 11 is 1.60. The van der Waals surface area contributed by atoms with E-state index in [0.717, 1.165) is 11.3 Å². The molecule has 2 aromatic heterocycles. The lowest BCUT2D eigenvalue weighted by atomic mass is 10.3. The number of carbonyl (C=O) groups is 1. The van der Waals surface area contributed by atoms with E-state index in [2.05, 4.69) is 9.97 Å². The van der Waals surface area contributed by atoms with E-state index in [0.29, 0.717) is 24.8 Å². The molecule has 0 aromatic carbocycles. The zero-order chi connectivity index (χ0) is 16.1. The SMILES string of the molecule is COc1nccnc1OC1CCN(C(=O)/C=C/c2cccs2)C1. The maximum Gasteiger partial charge on any atom is 0.278 e. The molecule has 1 aliphatic heterocycles. The third-order valence-corrected chi connectivity index (χ3v) is 4.33. The summed E-state index contributed by atoms with van der Waals surface area (Å²) in [7, 11) is 1.52. The van der Waals surface area contributed by atoms with Crippen molar-refractivity contribution in [3.8, 4) is 11.8 Å². The van der Waals surface area contributed by atoms with Crippen molar-refractivity contribution in [3.05, 3.63) is 40.9 Å². The molecule has 2 aromatic rings. The van der Waals surface area contributed by atoms with Crippen molar-refractivity contribution in [1.29, 1.82) is 0 Å². The van der Waals surface area contributed by atoms with Crippen molar-refractivity contribution in [2.45, 2.75) is 12.5 Å². The van der Waals surface area contributed by atoms with Gasteiger partial charge in [-0.25, -0.2) is 9.97 Å². The number of thiophene rings is 1. The first-order valence-corrected chi connectivity index (χ1v) is 8.16. The lowest BCUT2D eigenvalue weighted by Crippen LogP contribution is -2.29. The molecule has 0 saturated carbocycles. The van der Waals surface area contributed by atoms with Crippen LogP contribution in [0.25, 0.3) is 6.08 Å². The van der Waals surface area contributed by atoms with Gasteiger partial charge in [-0.05, 0) is 17.5 Å². The maximum atomic E-state index is 12.2. The van der Waals surface area contributed by atoms with E-state index < -0.39 is 0 Å². The minimum absolute atomic E-state index is 0.00406. The van der Waals surface area contributed by atoms with E-state index in [1.807, 2.05) is 23.6 Å². The first-order valence-electron chi connectivity index (χ1n) is 7.28. The van der Waals surface area contributed by atoms with Crippen LogP contribution in [0.4, 0.5) is 0 Å². The number of rotatable bonds is 5. The standard InChI is InChI=1S/C16H17N3O3S/c1-21-15-16(18-8-7-17-15)22-12-6-9-19(11-12)14(20)5-4-13-3-2-10-23-13/h2-5,7-8,10,12H,6,9,11H2,1H3/b5-4+. The molecule has 1 saturated heterocycles. The van der Waals surface area contributed by atoms with Crippen LogP contribution in [0.15, 0.2) is 36.0 Å². The lowest BCUT2D eigenvalue weighted by Gasteiger charge is -2.15. The lowest BCUT2D eigenvalue weighted by molar-refractivity contribution is -0.125. The van der Waals surface area contributed by atoms with Crippen LogP contribution in [-0.2, 0) is 4.79 Å². The Labute approximate surface area is 138 Å². The van der Waals surface area contributed by atoms with Crippen molar-refractivity contribution in [2.75, 3.05) is 20.2 Å². The predicted octanol–water partition coefficient (Wildman–Crippen LogP) is 2.24. The Balaban J connectivity index is 1.57. The fourth-order valence-corrected chi connectivity index (χ4v) is 2.98. The van der Waals surface area contributed by atoms with Gasteiger partial charge in [0, 0.05) is 36.3 Å². The summed E-state index contributed by atoms with van der Waals surface area (Å²) in [5.74, 6) is 0.717. The molecule has 1 amide bonds. The Morgan fingerprint density at radius 3 is 2.96 bits per heavy atom. The zero-order valence-corrected chi connectivity index (χ0v) is 13.5.